The normalized spacial score (nSPS) is 12.6. The van der Waals surface area contributed by atoms with E-state index < -0.39 is 0 Å². The molecule has 0 aliphatic carbocycles. The highest BCUT2D eigenvalue weighted by molar-refractivity contribution is 4.71. The largest absolute Gasteiger partial charge is 0.385 e. The van der Waals surface area contributed by atoms with E-state index in [1.165, 1.54) is 0 Å². The molecule has 0 saturated heterocycles. The summed E-state index contributed by atoms with van der Waals surface area (Å²) in [5, 5.41) is 0. The molecular weight excluding hydrogens is 124 g/mol. The van der Waals surface area contributed by atoms with E-state index in [-0.39, 0.29) is 0 Å². The molecule has 0 spiro atoms. The van der Waals surface area contributed by atoms with Gasteiger partial charge in [0.1, 0.15) is 0 Å². The Labute approximate surface area is 64.8 Å². The second kappa shape index (κ2) is 3.97. The highest BCUT2D eigenvalue weighted by Gasteiger charge is 2.21. The molecule has 0 heterocycles. The molecule has 0 aromatic heterocycles. The Kier molecular flexibility index (Phi) is 3.95. The Bertz CT molecular complexity index is 84.7. The minimum atomic E-state index is 0.427. The average Bonchev–Trinajstić information content (AvgIpc) is 1.84. The third-order valence-corrected chi connectivity index (χ3v) is 2.51. The van der Waals surface area contributed by atoms with Crippen LogP contribution in [0.2, 0.25) is 0 Å². The van der Waals surface area contributed by atoms with Crippen molar-refractivity contribution in [2.75, 3.05) is 13.7 Å². The lowest BCUT2D eigenvalue weighted by atomic mass is 9.79. The average molecular weight is 144 g/mol. The Morgan fingerprint density at radius 2 is 1.80 bits per heavy atom. The van der Waals surface area contributed by atoms with Gasteiger partial charge in [0, 0.05) is 13.7 Å². The van der Waals surface area contributed by atoms with Gasteiger partial charge >= 0.3 is 0 Å². The highest BCUT2D eigenvalue weighted by atomic mass is 16.5. The molecule has 62 valence electrons. The zero-order chi connectivity index (χ0) is 8.20. The molecule has 0 aromatic rings. The number of hydrogen-bond donors (Lipinski definition) is 0. The molecule has 0 N–H and O–H groups in total. The van der Waals surface area contributed by atoms with E-state index >= 15 is 0 Å². The van der Waals surface area contributed by atoms with E-state index in [0.29, 0.717) is 5.41 Å². The molecule has 0 atom stereocenters. The summed E-state index contributed by atoms with van der Waals surface area (Å²) in [5.41, 5.74) is 0.427. The van der Waals surface area contributed by atoms with Gasteiger partial charge in [-0.25, -0.2) is 0 Å². The lowest BCUT2D eigenvalue weighted by Crippen LogP contribution is -2.20. The van der Waals surface area contributed by atoms with E-state index in [0.717, 1.165) is 18.9 Å². The van der Waals surface area contributed by atoms with E-state index in [9.17, 15) is 0 Å². The monoisotopic (exact) mass is 144 g/mol. The van der Waals surface area contributed by atoms with Crippen LogP contribution in [0.4, 0.5) is 0 Å². The van der Waals surface area contributed by atoms with Gasteiger partial charge in [0.25, 0.3) is 0 Å². The molecule has 0 saturated carbocycles. The van der Waals surface area contributed by atoms with Crippen molar-refractivity contribution in [1.82, 2.24) is 0 Å². The summed E-state index contributed by atoms with van der Waals surface area (Å²) in [4.78, 5) is 0. The maximum Gasteiger partial charge on any atom is 0.0467 e. The summed E-state index contributed by atoms with van der Waals surface area (Å²) >= 11 is 0. The Morgan fingerprint density at radius 3 is 2.10 bits per heavy atom. The fourth-order valence-electron chi connectivity index (χ4n) is 0.654. The van der Waals surface area contributed by atoms with Crippen molar-refractivity contribution < 1.29 is 4.74 Å². The summed E-state index contributed by atoms with van der Waals surface area (Å²) in [6, 6.07) is 0. The van der Waals surface area contributed by atoms with Gasteiger partial charge in [0.05, 0.1) is 0 Å². The van der Waals surface area contributed by atoms with Gasteiger partial charge in [-0.2, -0.15) is 0 Å². The lowest BCUT2D eigenvalue weighted by molar-refractivity contribution is 0.126. The molecule has 1 heteroatoms. The third-order valence-electron chi connectivity index (χ3n) is 2.51. The Balaban J connectivity index is 3.63. The number of hydrogen-bond acceptors (Lipinski definition) is 1. The minimum Gasteiger partial charge on any atom is -0.385 e. The molecule has 0 bridgehead atoms. The van der Waals surface area contributed by atoms with Gasteiger partial charge in [-0.1, -0.05) is 27.7 Å². The number of rotatable bonds is 4. The van der Waals surface area contributed by atoms with Gasteiger partial charge in [0.15, 0.2) is 0 Å². The van der Waals surface area contributed by atoms with E-state index in [4.69, 9.17) is 4.74 Å². The zero-order valence-electron chi connectivity index (χ0n) is 7.90. The predicted octanol–water partition coefficient (Wildman–Crippen LogP) is 2.71. The van der Waals surface area contributed by atoms with Crippen molar-refractivity contribution >= 4 is 0 Å². The van der Waals surface area contributed by atoms with Crippen LogP contribution in [0.3, 0.4) is 0 Å². The molecule has 1 nitrogen and oxygen atoms in total. The van der Waals surface area contributed by atoms with Crippen LogP contribution < -0.4 is 0 Å². The van der Waals surface area contributed by atoms with Crippen LogP contribution in [0.1, 0.15) is 34.1 Å². The van der Waals surface area contributed by atoms with Gasteiger partial charge in [-0.05, 0) is 17.8 Å². The number of methoxy groups -OCH3 is 1. The van der Waals surface area contributed by atoms with E-state index in [1.807, 2.05) is 0 Å². The second-order valence-corrected chi connectivity index (χ2v) is 3.89. The Hall–Kier alpha value is -0.0400. The molecule has 0 fully saturated rings. The summed E-state index contributed by atoms with van der Waals surface area (Å²) in [7, 11) is 1.76. The topological polar surface area (TPSA) is 9.23 Å². The first-order valence-electron chi connectivity index (χ1n) is 3.99. The molecule has 0 aromatic carbocycles. The van der Waals surface area contributed by atoms with Crippen molar-refractivity contribution in [3.8, 4) is 0 Å². The van der Waals surface area contributed by atoms with Crippen LogP contribution in [0, 0.1) is 11.3 Å². The van der Waals surface area contributed by atoms with Crippen LogP contribution in [0.5, 0.6) is 0 Å². The molecule has 0 unspecified atom stereocenters. The van der Waals surface area contributed by atoms with Crippen molar-refractivity contribution in [3.63, 3.8) is 0 Å². The summed E-state index contributed by atoms with van der Waals surface area (Å²) in [5.74, 6) is 0.739. The first-order chi connectivity index (χ1) is 4.50. The molecule has 0 rings (SSSR count). The standard InChI is InChI=1S/C9H20O/c1-8(2)9(3,4)6-7-10-5/h8H,6-7H2,1-5H3. The fraction of sp³-hybridized carbons (Fsp3) is 1.00. The Morgan fingerprint density at radius 1 is 1.30 bits per heavy atom. The molecule has 0 amide bonds. The van der Waals surface area contributed by atoms with E-state index in [1.54, 1.807) is 7.11 Å². The van der Waals surface area contributed by atoms with Gasteiger partial charge in [-0.15, -0.1) is 0 Å². The van der Waals surface area contributed by atoms with Gasteiger partial charge < -0.3 is 4.74 Å². The van der Waals surface area contributed by atoms with Crippen LogP contribution in [-0.4, -0.2) is 13.7 Å². The van der Waals surface area contributed by atoms with Crippen molar-refractivity contribution in [1.29, 1.82) is 0 Å². The van der Waals surface area contributed by atoms with Crippen LogP contribution >= 0.6 is 0 Å². The smallest absolute Gasteiger partial charge is 0.0467 e. The van der Waals surface area contributed by atoms with Gasteiger partial charge in [0.2, 0.25) is 0 Å². The zero-order valence-corrected chi connectivity index (χ0v) is 7.90. The predicted molar refractivity (Wildman–Crippen MR) is 45.1 cm³/mol. The summed E-state index contributed by atoms with van der Waals surface area (Å²) in [6.07, 6.45) is 1.15. The van der Waals surface area contributed by atoms with Crippen molar-refractivity contribution in [2.45, 2.75) is 34.1 Å². The molecule has 10 heavy (non-hydrogen) atoms. The van der Waals surface area contributed by atoms with Crippen molar-refractivity contribution in [3.05, 3.63) is 0 Å². The molecule has 0 aliphatic rings. The lowest BCUT2D eigenvalue weighted by Gasteiger charge is -2.28. The van der Waals surface area contributed by atoms with Crippen LogP contribution in [0.25, 0.3) is 0 Å². The SMILES string of the molecule is COCCC(C)(C)C(C)C. The third kappa shape index (κ3) is 3.21. The second-order valence-electron chi connectivity index (χ2n) is 3.89. The highest BCUT2D eigenvalue weighted by Crippen LogP contribution is 2.29. The molecular formula is C9H20O. The van der Waals surface area contributed by atoms with E-state index in [2.05, 4.69) is 27.7 Å². The minimum absolute atomic E-state index is 0.427. The quantitative estimate of drug-likeness (QED) is 0.589. The summed E-state index contributed by atoms with van der Waals surface area (Å²) in [6.45, 7) is 9.98. The van der Waals surface area contributed by atoms with Crippen LogP contribution in [0.15, 0.2) is 0 Å². The molecule has 0 aliphatic heterocycles. The fourth-order valence-corrected chi connectivity index (χ4v) is 0.654. The first-order valence-corrected chi connectivity index (χ1v) is 3.99. The number of ether oxygens (including phenoxy) is 1. The van der Waals surface area contributed by atoms with Crippen LogP contribution in [-0.2, 0) is 4.74 Å². The maximum absolute atomic E-state index is 5.03. The molecule has 0 radical (unpaired) electrons. The van der Waals surface area contributed by atoms with Gasteiger partial charge in [-0.3, -0.25) is 0 Å². The summed E-state index contributed by atoms with van der Waals surface area (Å²) < 4.78 is 5.03. The maximum atomic E-state index is 5.03. The van der Waals surface area contributed by atoms with Crippen molar-refractivity contribution in [2.24, 2.45) is 11.3 Å². The first kappa shape index (κ1) is 9.96.